The van der Waals surface area contributed by atoms with Crippen molar-refractivity contribution in [2.75, 3.05) is 6.54 Å². The van der Waals surface area contributed by atoms with Gasteiger partial charge in [-0.2, -0.15) is 0 Å². The second-order valence-corrected chi connectivity index (χ2v) is 2.67. The van der Waals surface area contributed by atoms with Crippen molar-refractivity contribution < 1.29 is 4.79 Å². The van der Waals surface area contributed by atoms with E-state index in [1.165, 1.54) is 0 Å². The largest absolute Gasteiger partial charge is 0.356 e. The molecular weight excluding hydrogens is 126 g/mol. The molecule has 0 radical (unpaired) electrons. The SMILES string of the molecule is CCNC(=O)C[C@@H](C)CC. The van der Waals surface area contributed by atoms with Gasteiger partial charge < -0.3 is 5.32 Å². The van der Waals surface area contributed by atoms with Crippen LogP contribution in [0.2, 0.25) is 0 Å². The minimum atomic E-state index is 0.178. The Bertz CT molecular complexity index is 101. The van der Waals surface area contributed by atoms with Crippen molar-refractivity contribution >= 4 is 5.91 Å². The van der Waals surface area contributed by atoms with Gasteiger partial charge in [-0.05, 0) is 12.8 Å². The fraction of sp³-hybridized carbons (Fsp3) is 0.875. The maximum Gasteiger partial charge on any atom is 0.220 e. The van der Waals surface area contributed by atoms with Gasteiger partial charge in [0.05, 0.1) is 0 Å². The molecule has 60 valence electrons. The Hall–Kier alpha value is -0.530. The summed E-state index contributed by atoms with van der Waals surface area (Å²) in [5.41, 5.74) is 0. The molecule has 0 aromatic heterocycles. The molecule has 0 aliphatic carbocycles. The third kappa shape index (κ3) is 4.36. The maximum atomic E-state index is 10.9. The van der Waals surface area contributed by atoms with E-state index in [9.17, 15) is 4.79 Å². The van der Waals surface area contributed by atoms with Crippen LogP contribution in [0.1, 0.15) is 33.6 Å². The molecule has 0 spiro atoms. The van der Waals surface area contributed by atoms with E-state index in [-0.39, 0.29) is 5.91 Å². The van der Waals surface area contributed by atoms with Crippen LogP contribution >= 0.6 is 0 Å². The van der Waals surface area contributed by atoms with Crippen LogP contribution in [-0.2, 0) is 4.79 Å². The Labute approximate surface area is 63.0 Å². The highest BCUT2D eigenvalue weighted by Crippen LogP contribution is 2.04. The van der Waals surface area contributed by atoms with E-state index in [1.54, 1.807) is 0 Å². The highest BCUT2D eigenvalue weighted by Gasteiger charge is 2.04. The van der Waals surface area contributed by atoms with Gasteiger partial charge >= 0.3 is 0 Å². The quantitative estimate of drug-likeness (QED) is 0.635. The third-order valence-electron chi connectivity index (χ3n) is 1.60. The molecular formula is C8H17NO. The molecule has 1 N–H and O–H groups in total. The summed E-state index contributed by atoms with van der Waals surface area (Å²) in [7, 11) is 0. The first-order valence-electron chi connectivity index (χ1n) is 3.97. The minimum Gasteiger partial charge on any atom is -0.356 e. The first kappa shape index (κ1) is 9.47. The van der Waals surface area contributed by atoms with Gasteiger partial charge in [-0.3, -0.25) is 4.79 Å². The normalized spacial score (nSPS) is 12.7. The molecule has 0 aromatic carbocycles. The van der Waals surface area contributed by atoms with Gasteiger partial charge in [0.1, 0.15) is 0 Å². The van der Waals surface area contributed by atoms with Crippen LogP contribution in [0.15, 0.2) is 0 Å². The molecule has 10 heavy (non-hydrogen) atoms. The summed E-state index contributed by atoms with van der Waals surface area (Å²) in [5.74, 6) is 0.698. The molecule has 0 aromatic rings. The lowest BCUT2D eigenvalue weighted by Gasteiger charge is -2.06. The molecule has 1 atom stereocenters. The van der Waals surface area contributed by atoms with E-state index in [2.05, 4.69) is 19.2 Å². The molecule has 0 fully saturated rings. The zero-order chi connectivity index (χ0) is 7.98. The van der Waals surface area contributed by atoms with Crippen molar-refractivity contribution in [3.8, 4) is 0 Å². The van der Waals surface area contributed by atoms with Gasteiger partial charge in [0.2, 0.25) is 5.91 Å². The molecule has 2 nitrogen and oxygen atoms in total. The second-order valence-electron chi connectivity index (χ2n) is 2.67. The maximum absolute atomic E-state index is 10.9. The molecule has 0 aliphatic rings. The van der Waals surface area contributed by atoms with Crippen LogP contribution in [-0.4, -0.2) is 12.5 Å². The summed E-state index contributed by atoms with van der Waals surface area (Å²) >= 11 is 0. The predicted octanol–water partition coefficient (Wildman–Crippen LogP) is 1.56. The molecule has 0 aliphatic heterocycles. The fourth-order valence-electron chi connectivity index (χ4n) is 0.730. The lowest BCUT2D eigenvalue weighted by Crippen LogP contribution is -2.24. The number of hydrogen-bond donors (Lipinski definition) is 1. The van der Waals surface area contributed by atoms with Crippen molar-refractivity contribution in [3.05, 3.63) is 0 Å². The van der Waals surface area contributed by atoms with Crippen LogP contribution in [0.5, 0.6) is 0 Å². The molecule has 0 saturated heterocycles. The smallest absolute Gasteiger partial charge is 0.220 e. The number of carbonyl (C=O) groups excluding carboxylic acids is 1. The van der Waals surface area contributed by atoms with E-state index in [4.69, 9.17) is 0 Å². The van der Waals surface area contributed by atoms with Crippen molar-refractivity contribution in [2.24, 2.45) is 5.92 Å². The molecule has 2 heteroatoms. The standard InChI is InChI=1S/C8H17NO/c1-4-7(3)6-8(10)9-5-2/h7H,4-6H2,1-3H3,(H,9,10)/t7-/m0/s1. The molecule has 0 rings (SSSR count). The van der Waals surface area contributed by atoms with E-state index in [0.29, 0.717) is 12.3 Å². The Morgan fingerprint density at radius 1 is 1.50 bits per heavy atom. The van der Waals surface area contributed by atoms with Crippen LogP contribution in [0.3, 0.4) is 0 Å². The van der Waals surface area contributed by atoms with Gasteiger partial charge in [0.15, 0.2) is 0 Å². The first-order chi connectivity index (χ1) is 4.70. The Morgan fingerprint density at radius 2 is 2.10 bits per heavy atom. The van der Waals surface area contributed by atoms with Gasteiger partial charge in [-0.25, -0.2) is 0 Å². The number of nitrogens with one attached hydrogen (secondary N) is 1. The van der Waals surface area contributed by atoms with Crippen molar-refractivity contribution in [3.63, 3.8) is 0 Å². The number of rotatable bonds is 4. The van der Waals surface area contributed by atoms with E-state index >= 15 is 0 Å². The predicted molar refractivity (Wildman–Crippen MR) is 42.8 cm³/mol. The number of amides is 1. The van der Waals surface area contributed by atoms with E-state index in [1.807, 2.05) is 6.92 Å². The van der Waals surface area contributed by atoms with Crippen LogP contribution in [0.4, 0.5) is 0 Å². The summed E-state index contributed by atoms with van der Waals surface area (Å²) in [6.07, 6.45) is 1.75. The lowest BCUT2D eigenvalue weighted by atomic mass is 10.1. The highest BCUT2D eigenvalue weighted by molar-refractivity contribution is 5.75. The summed E-state index contributed by atoms with van der Waals surface area (Å²) < 4.78 is 0. The third-order valence-corrected chi connectivity index (χ3v) is 1.60. The van der Waals surface area contributed by atoms with Crippen LogP contribution in [0.25, 0.3) is 0 Å². The molecule has 1 amide bonds. The minimum absolute atomic E-state index is 0.178. The van der Waals surface area contributed by atoms with Crippen LogP contribution in [0, 0.1) is 5.92 Å². The Balaban J connectivity index is 3.37. The first-order valence-corrected chi connectivity index (χ1v) is 3.97. The zero-order valence-corrected chi connectivity index (χ0v) is 7.11. The summed E-state index contributed by atoms with van der Waals surface area (Å²) in [5, 5.41) is 2.77. The average Bonchev–Trinajstić information content (AvgIpc) is 1.88. The molecule has 0 bridgehead atoms. The van der Waals surface area contributed by atoms with E-state index in [0.717, 1.165) is 13.0 Å². The van der Waals surface area contributed by atoms with Crippen LogP contribution < -0.4 is 5.32 Å². The van der Waals surface area contributed by atoms with Crippen molar-refractivity contribution in [2.45, 2.75) is 33.6 Å². The summed E-state index contributed by atoms with van der Waals surface area (Å²) in [6, 6.07) is 0. The second kappa shape index (κ2) is 5.27. The Kier molecular flexibility index (Phi) is 4.99. The van der Waals surface area contributed by atoms with Gasteiger partial charge in [-0.1, -0.05) is 20.3 Å². The number of carbonyl (C=O) groups is 1. The molecule has 0 unspecified atom stereocenters. The van der Waals surface area contributed by atoms with Crippen molar-refractivity contribution in [1.29, 1.82) is 0 Å². The highest BCUT2D eigenvalue weighted by atomic mass is 16.1. The summed E-state index contributed by atoms with van der Waals surface area (Å²) in [4.78, 5) is 10.9. The van der Waals surface area contributed by atoms with E-state index < -0.39 is 0 Å². The van der Waals surface area contributed by atoms with Crippen molar-refractivity contribution in [1.82, 2.24) is 5.32 Å². The van der Waals surface area contributed by atoms with Gasteiger partial charge in [0, 0.05) is 13.0 Å². The summed E-state index contributed by atoms with van der Waals surface area (Å²) in [6.45, 7) is 6.88. The average molecular weight is 143 g/mol. The van der Waals surface area contributed by atoms with Gasteiger partial charge in [0.25, 0.3) is 0 Å². The molecule has 0 heterocycles. The van der Waals surface area contributed by atoms with Gasteiger partial charge in [-0.15, -0.1) is 0 Å². The molecule has 0 saturated carbocycles. The monoisotopic (exact) mass is 143 g/mol. The number of hydrogen-bond acceptors (Lipinski definition) is 1. The zero-order valence-electron chi connectivity index (χ0n) is 7.11. The lowest BCUT2D eigenvalue weighted by molar-refractivity contribution is -0.121. The topological polar surface area (TPSA) is 29.1 Å². The Morgan fingerprint density at radius 3 is 2.50 bits per heavy atom. The fourth-order valence-corrected chi connectivity index (χ4v) is 0.730.